The first-order chi connectivity index (χ1) is 7.70. The molecule has 0 heterocycles. The van der Waals surface area contributed by atoms with E-state index in [2.05, 4.69) is 0 Å². The molecule has 0 aromatic heterocycles. The lowest BCUT2D eigenvalue weighted by atomic mass is 10.3. The predicted molar refractivity (Wildman–Crippen MR) is 56.8 cm³/mol. The summed E-state index contributed by atoms with van der Waals surface area (Å²) in [5.41, 5.74) is 0. The zero-order chi connectivity index (χ0) is 12.2. The molecule has 0 aliphatic rings. The number of rotatable bonds is 10. The largest absolute Gasteiger partial charge is 0.481 e. The SMILES string of the molecule is COCOCCN(CCC#N)CCC(=O)O. The van der Waals surface area contributed by atoms with Crippen LogP contribution >= 0.6 is 0 Å². The minimum atomic E-state index is -0.834. The van der Waals surface area contributed by atoms with Gasteiger partial charge in [0, 0.05) is 33.2 Å². The molecule has 6 heteroatoms. The Hall–Kier alpha value is -1.16. The normalized spacial score (nSPS) is 10.3. The molecule has 0 aromatic rings. The summed E-state index contributed by atoms with van der Waals surface area (Å²) in [7, 11) is 1.54. The lowest BCUT2D eigenvalue weighted by molar-refractivity contribution is -0.137. The van der Waals surface area contributed by atoms with Gasteiger partial charge in [0.2, 0.25) is 0 Å². The average molecular weight is 230 g/mol. The van der Waals surface area contributed by atoms with Crippen LogP contribution in [0.25, 0.3) is 0 Å². The first-order valence-corrected chi connectivity index (χ1v) is 5.08. The van der Waals surface area contributed by atoms with Crippen molar-refractivity contribution in [2.45, 2.75) is 12.8 Å². The number of nitriles is 1. The number of carboxylic acid groups (broad SMARTS) is 1. The average Bonchev–Trinajstić information content (AvgIpc) is 2.26. The summed E-state index contributed by atoms with van der Waals surface area (Å²) in [6, 6.07) is 2.03. The van der Waals surface area contributed by atoms with Gasteiger partial charge in [-0.25, -0.2) is 0 Å². The van der Waals surface area contributed by atoms with Gasteiger partial charge in [-0.3, -0.25) is 9.69 Å². The number of ether oxygens (including phenoxy) is 2. The second-order valence-electron chi connectivity index (χ2n) is 3.21. The molecular weight excluding hydrogens is 212 g/mol. The molecule has 0 unspecified atom stereocenters. The van der Waals surface area contributed by atoms with Gasteiger partial charge in [-0.15, -0.1) is 0 Å². The third kappa shape index (κ3) is 9.40. The minimum Gasteiger partial charge on any atom is -0.481 e. The van der Waals surface area contributed by atoms with Gasteiger partial charge in [0.15, 0.2) is 0 Å². The number of methoxy groups -OCH3 is 1. The fourth-order valence-electron chi connectivity index (χ4n) is 1.13. The van der Waals surface area contributed by atoms with Crippen molar-refractivity contribution < 1.29 is 19.4 Å². The molecule has 6 nitrogen and oxygen atoms in total. The van der Waals surface area contributed by atoms with E-state index < -0.39 is 5.97 Å². The van der Waals surface area contributed by atoms with Crippen molar-refractivity contribution in [3.8, 4) is 6.07 Å². The lowest BCUT2D eigenvalue weighted by Crippen LogP contribution is -2.31. The molecule has 0 radical (unpaired) electrons. The minimum absolute atomic E-state index is 0.0791. The summed E-state index contributed by atoms with van der Waals surface area (Å²) in [6.45, 7) is 2.32. The molecule has 0 saturated heterocycles. The molecule has 0 fully saturated rings. The van der Waals surface area contributed by atoms with E-state index in [1.807, 2.05) is 11.0 Å². The van der Waals surface area contributed by atoms with Crippen molar-refractivity contribution in [1.82, 2.24) is 4.90 Å². The van der Waals surface area contributed by atoms with Crippen molar-refractivity contribution in [3.63, 3.8) is 0 Å². The third-order valence-electron chi connectivity index (χ3n) is 1.93. The zero-order valence-corrected chi connectivity index (χ0v) is 9.52. The van der Waals surface area contributed by atoms with Crippen molar-refractivity contribution in [2.24, 2.45) is 0 Å². The molecule has 0 aliphatic heterocycles. The van der Waals surface area contributed by atoms with Crippen LogP contribution in [0.15, 0.2) is 0 Å². The van der Waals surface area contributed by atoms with Crippen LogP contribution in [0.1, 0.15) is 12.8 Å². The Morgan fingerprint density at radius 2 is 2.19 bits per heavy atom. The standard InChI is InChI=1S/C10H18N2O4/c1-15-9-16-8-7-12(5-2-4-11)6-3-10(13)14/h2-3,5-9H2,1H3,(H,13,14). The topological polar surface area (TPSA) is 82.8 Å². The number of carboxylic acids is 1. The Morgan fingerprint density at radius 1 is 1.44 bits per heavy atom. The van der Waals surface area contributed by atoms with E-state index in [9.17, 15) is 4.79 Å². The fraction of sp³-hybridized carbons (Fsp3) is 0.800. The van der Waals surface area contributed by atoms with Crippen LogP contribution in [0.3, 0.4) is 0 Å². The van der Waals surface area contributed by atoms with Crippen molar-refractivity contribution >= 4 is 5.97 Å². The molecule has 0 saturated carbocycles. The summed E-state index contributed by atoms with van der Waals surface area (Å²) in [5, 5.41) is 17.0. The number of hydrogen-bond acceptors (Lipinski definition) is 5. The monoisotopic (exact) mass is 230 g/mol. The summed E-state index contributed by atoms with van der Waals surface area (Å²) < 4.78 is 9.82. The van der Waals surface area contributed by atoms with E-state index in [0.29, 0.717) is 32.7 Å². The molecule has 16 heavy (non-hydrogen) atoms. The van der Waals surface area contributed by atoms with Gasteiger partial charge >= 0.3 is 5.97 Å². The summed E-state index contributed by atoms with van der Waals surface area (Å²) in [4.78, 5) is 12.3. The Morgan fingerprint density at radius 3 is 2.75 bits per heavy atom. The number of carbonyl (C=O) groups is 1. The number of hydrogen-bond donors (Lipinski definition) is 1. The first-order valence-electron chi connectivity index (χ1n) is 5.08. The highest BCUT2D eigenvalue weighted by atomic mass is 16.7. The first kappa shape index (κ1) is 14.8. The van der Waals surface area contributed by atoms with E-state index in [1.165, 1.54) is 7.11 Å². The molecule has 1 N–H and O–H groups in total. The van der Waals surface area contributed by atoms with Gasteiger partial charge in [-0.2, -0.15) is 5.26 Å². The van der Waals surface area contributed by atoms with Gasteiger partial charge in [0.05, 0.1) is 19.1 Å². The Bertz CT molecular complexity index is 227. The number of nitrogens with zero attached hydrogens (tertiary/aromatic N) is 2. The summed E-state index contributed by atoms with van der Waals surface area (Å²) in [5.74, 6) is -0.834. The Balaban J connectivity index is 3.72. The van der Waals surface area contributed by atoms with Crippen molar-refractivity contribution in [3.05, 3.63) is 0 Å². The summed E-state index contributed by atoms with van der Waals surface area (Å²) >= 11 is 0. The lowest BCUT2D eigenvalue weighted by Gasteiger charge is -2.19. The third-order valence-corrected chi connectivity index (χ3v) is 1.93. The van der Waals surface area contributed by atoms with Gasteiger partial charge in [-0.1, -0.05) is 0 Å². The van der Waals surface area contributed by atoms with Crippen LogP contribution in [0, 0.1) is 11.3 Å². The molecule has 0 aromatic carbocycles. The van der Waals surface area contributed by atoms with E-state index in [-0.39, 0.29) is 13.2 Å². The fourth-order valence-corrected chi connectivity index (χ4v) is 1.13. The Labute approximate surface area is 95.4 Å². The quantitative estimate of drug-likeness (QED) is 0.429. The second kappa shape index (κ2) is 10.4. The van der Waals surface area contributed by atoms with Gasteiger partial charge < -0.3 is 14.6 Å². The molecule has 0 aliphatic carbocycles. The van der Waals surface area contributed by atoms with Gasteiger partial charge in [0.25, 0.3) is 0 Å². The van der Waals surface area contributed by atoms with Crippen LogP contribution in [0.2, 0.25) is 0 Å². The van der Waals surface area contributed by atoms with Gasteiger partial charge in [-0.05, 0) is 0 Å². The highest BCUT2D eigenvalue weighted by molar-refractivity contribution is 5.66. The summed E-state index contributed by atoms with van der Waals surface area (Å²) in [6.07, 6.45) is 0.472. The molecule has 0 spiro atoms. The maximum atomic E-state index is 10.4. The maximum absolute atomic E-state index is 10.4. The molecule has 92 valence electrons. The molecule has 0 amide bonds. The van der Waals surface area contributed by atoms with E-state index >= 15 is 0 Å². The van der Waals surface area contributed by atoms with E-state index in [1.54, 1.807) is 0 Å². The molecule has 0 bridgehead atoms. The van der Waals surface area contributed by atoms with Crippen molar-refractivity contribution in [1.29, 1.82) is 5.26 Å². The second-order valence-corrected chi connectivity index (χ2v) is 3.21. The molecule has 0 atom stereocenters. The van der Waals surface area contributed by atoms with Crippen LogP contribution in [-0.4, -0.2) is 56.1 Å². The molecular formula is C10H18N2O4. The highest BCUT2D eigenvalue weighted by Gasteiger charge is 2.06. The van der Waals surface area contributed by atoms with Crippen LogP contribution in [0.4, 0.5) is 0 Å². The van der Waals surface area contributed by atoms with Crippen LogP contribution < -0.4 is 0 Å². The van der Waals surface area contributed by atoms with E-state index in [4.69, 9.17) is 19.8 Å². The highest BCUT2D eigenvalue weighted by Crippen LogP contribution is 1.94. The van der Waals surface area contributed by atoms with E-state index in [0.717, 1.165) is 0 Å². The predicted octanol–water partition coefficient (Wildman–Crippen LogP) is 0.297. The van der Waals surface area contributed by atoms with Crippen molar-refractivity contribution in [2.75, 3.05) is 40.1 Å². The number of aliphatic carboxylic acids is 1. The maximum Gasteiger partial charge on any atom is 0.304 e. The molecule has 0 rings (SSSR count). The Kier molecular flexibility index (Phi) is 9.61. The zero-order valence-electron chi connectivity index (χ0n) is 9.52. The van der Waals surface area contributed by atoms with Gasteiger partial charge in [0.1, 0.15) is 6.79 Å². The smallest absolute Gasteiger partial charge is 0.304 e. The van der Waals surface area contributed by atoms with Crippen LogP contribution in [0.5, 0.6) is 0 Å². The van der Waals surface area contributed by atoms with Crippen LogP contribution in [-0.2, 0) is 14.3 Å².